The first-order valence-corrected chi connectivity index (χ1v) is 8.29. The molecule has 1 fully saturated rings. The van der Waals surface area contributed by atoms with E-state index < -0.39 is 0 Å². The molecule has 1 aromatic carbocycles. The Hall–Kier alpha value is -1.88. The van der Waals surface area contributed by atoms with Crippen molar-refractivity contribution in [2.24, 2.45) is 0 Å². The number of nitrogens with zero attached hydrogens (tertiary/aromatic N) is 2. The van der Waals surface area contributed by atoms with Crippen molar-refractivity contribution in [3.8, 4) is 0 Å². The number of carbonyl (C=O) groups is 1. The molecule has 0 atom stereocenters. The highest BCUT2D eigenvalue weighted by Crippen LogP contribution is 2.20. The van der Waals surface area contributed by atoms with Crippen LogP contribution in [0.25, 0.3) is 0 Å². The topological polar surface area (TPSA) is 45.2 Å². The van der Waals surface area contributed by atoms with Gasteiger partial charge in [-0.15, -0.1) is 0 Å². The van der Waals surface area contributed by atoms with Gasteiger partial charge in [-0.2, -0.15) is 0 Å². The third kappa shape index (κ3) is 3.65. The van der Waals surface area contributed by atoms with Crippen molar-refractivity contribution in [2.75, 3.05) is 18.4 Å². The molecule has 2 heterocycles. The lowest BCUT2D eigenvalue weighted by molar-refractivity contribution is 0.0718. The predicted molar refractivity (Wildman–Crippen MR) is 91.4 cm³/mol. The maximum atomic E-state index is 12.5. The van der Waals surface area contributed by atoms with Crippen molar-refractivity contribution in [3.05, 3.63) is 52.8 Å². The summed E-state index contributed by atoms with van der Waals surface area (Å²) in [5.74, 6) is 0.0270. The van der Waals surface area contributed by atoms with E-state index in [1.165, 1.54) is 6.42 Å². The molecule has 4 nitrogen and oxygen atoms in total. The van der Waals surface area contributed by atoms with Crippen LogP contribution < -0.4 is 5.32 Å². The van der Waals surface area contributed by atoms with Gasteiger partial charge in [0.25, 0.3) is 5.91 Å². The highest BCUT2D eigenvalue weighted by Gasteiger charge is 2.19. The molecule has 5 heteroatoms. The van der Waals surface area contributed by atoms with E-state index in [-0.39, 0.29) is 5.91 Å². The summed E-state index contributed by atoms with van der Waals surface area (Å²) in [6, 6.07) is 11.6. The highest BCUT2D eigenvalue weighted by molar-refractivity contribution is 9.10. The van der Waals surface area contributed by atoms with E-state index in [4.69, 9.17) is 0 Å². The molecule has 0 spiro atoms. The maximum Gasteiger partial charge on any atom is 0.272 e. The molecule has 0 unspecified atom stereocenters. The molecular weight excluding hydrogens is 342 g/mol. The summed E-state index contributed by atoms with van der Waals surface area (Å²) >= 11 is 3.42. The Balaban J connectivity index is 1.74. The summed E-state index contributed by atoms with van der Waals surface area (Å²) in [6.07, 6.45) is 5.06. The smallest absolute Gasteiger partial charge is 0.272 e. The number of hydrogen-bond acceptors (Lipinski definition) is 3. The Labute approximate surface area is 138 Å². The Morgan fingerprint density at radius 1 is 1.05 bits per heavy atom. The molecule has 2 aromatic rings. The number of carbonyl (C=O) groups excluding carboxylic acids is 1. The van der Waals surface area contributed by atoms with E-state index in [0.29, 0.717) is 5.69 Å². The molecule has 3 rings (SSSR count). The van der Waals surface area contributed by atoms with Crippen molar-refractivity contribution >= 4 is 33.2 Å². The van der Waals surface area contributed by atoms with E-state index in [1.807, 2.05) is 41.3 Å². The van der Waals surface area contributed by atoms with Crippen molar-refractivity contribution in [3.63, 3.8) is 0 Å². The van der Waals surface area contributed by atoms with Crippen molar-refractivity contribution in [1.82, 2.24) is 9.88 Å². The summed E-state index contributed by atoms with van der Waals surface area (Å²) in [6.45, 7) is 1.68. The van der Waals surface area contributed by atoms with Crippen LogP contribution in [0.2, 0.25) is 0 Å². The zero-order valence-electron chi connectivity index (χ0n) is 12.3. The lowest BCUT2D eigenvalue weighted by atomic mass is 10.1. The van der Waals surface area contributed by atoms with Gasteiger partial charge in [0, 0.05) is 35.1 Å². The Morgan fingerprint density at radius 2 is 1.77 bits per heavy atom. The zero-order chi connectivity index (χ0) is 15.4. The van der Waals surface area contributed by atoms with Crippen LogP contribution in [0.3, 0.4) is 0 Å². The van der Waals surface area contributed by atoms with Crippen LogP contribution in [-0.4, -0.2) is 28.9 Å². The molecule has 1 aliphatic heterocycles. The number of rotatable bonds is 3. The van der Waals surface area contributed by atoms with Crippen LogP contribution in [0.5, 0.6) is 0 Å². The van der Waals surface area contributed by atoms with Crippen LogP contribution in [0.15, 0.2) is 47.1 Å². The molecular formula is C17H18BrN3O. The van der Waals surface area contributed by atoms with Gasteiger partial charge in [-0.25, -0.2) is 0 Å². The molecule has 1 aromatic heterocycles. The van der Waals surface area contributed by atoms with E-state index in [0.717, 1.165) is 41.8 Å². The van der Waals surface area contributed by atoms with Crippen LogP contribution in [0.1, 0.15) is 29.8 Å². The van der Waals surface area contributed by atoms with Crippen LogP contribution >= 0.6 is 15.9 Å². The number of piperidine rings is 1. The molecule has 1 amide bonds. The molecule has 1 N–H and O–H groups in total. The minimum Gasteiger partial charge on any atom is -0.355 e. The third-order valence-corrected chi connectivity index (χ3v) is 4.28. The summed E-state index contributed by atoms with van der Waals surface area (Å²) < 4.78 is 1.04. The Morgan fingerprint density at radius 3 is 2.50 bits per heavy atom. The molecule has 0 aliphatic carbocycles. The lowest BCUT2D eigenvalue weighted by Crippen LogP contribution is -2.36. The lowest BCUT2D eigenvalue weighted by Gasteiger charge is -2.26. The molecule has 0 radical (unpaired) electrons. The Bertz CT molecular complexity index is 651. The number of hydrogen-bond donors (Lipinski definition) is 1. The number of halogens is 1. The van der Waals surface area contributed by atoms with Crippen LogP contribution in [0, 0.1) is 0 Å². The van der Waals surface area contributed by atoms with Crippen LogP contribution in [0.4, 0.5) is 11.4 Å². The van der Waals surface area contributed by atoms with E-state index >= 15 is 0 Å². The fourth-order valence-corrected chi connectivity index (χ4v) is 2.85. The van der Waals surface area contributed by atoms with Gasteiger partial charge >= 0.3 is 0 Å². The van der Waals surface area contributed by atoms with E-state index in [9.17, 15) is 4.79 Å². The standard InChI is InChI=1S/C17H18BrN3O/c18-13-4-6-14(7-5-13)20-15-8-9-19-16(12-15)17(22)21-10-2-1-3-11-21/h4-9,12H,1-3,10-11H2,(H,19,20). The van der Waals surface area contributed by atoms with Gasteiger partial charge in [-0.1, -0.05) is 15.9 Å². The number of amides is 1. The van der Waals surface area contributed by atoms with Gasteiger partial charge in [0.2, 0.25) is 0 Å². The Kier molecular flexibility index (Phi) is 4.73. The predicted octanol–water partition coefficient (Wildman–Crippen LogP) is 4.21. The average molecular weight is 360 g/mol. The number of benzene rings is 1. The number of nitrogens with one attached hydrogen (secondary N) is 1. The molecule has 114 valence electrons. The minimum absolute atomic E-state index is 0.0270. The first kappa shape index (κ1) is 15.0. The van der Waals surface area contributed by atoms with Gasteiger partial charge in [-0.05, 0) is 55.7 Å². The summed E-state index contributed by atoms with van der Waals surface area (Å²) in [7, 11) is 0. The average Bonchev–Trinajstić information content (AvgIpc) is 2.57. The second-order valence-corrected chi connectivity index (χ2v) is 6.33. The fraction of sp³-hybridized carbons (Fsp3) is 0.294. The highest BCUT2D eigenvalue weighted by atomic mass is 79.9. The quantitative estimate of drug-likeness (QED) is 0.892. The van der Waals surface area contributed by atoms with Gasteiger partial charge in [0.1, 0.15) is 5.69 Å². The van der Waals surface area contributed by atoms with Crippen molar-refractivity contribution in [1.29, 1.82) is 0 Å². The minimum atomic E-state index is 0.0270. The normalized spacial score (nSPS) is 14.7. The summed E-state index contributed by atoms with van der Waals surface area (Å²) in [4.78, 5) is 18.6. The molecule has 1 aliphatic rings. The number of pyridine rings is 1. The second kappa shape index (κ2) is 6.92. The number of likely N-dealkylation sites (tertiary alicyclic amines) is 1. The van der Waals surface area contributed by atoms with Gasteiger partial charge in [0.05, 0.1) is 0 Å². The number of anilines is 2. The van der Waals surface area contributed by atoms with E-state index in [2.05, 4.69) is 26.2 Å². The van der Waals surface area contributed by atoms with Crippen molar-refractivity contribution < 1.29 is 4.79 Å². The molecule has 0 bridgehead atoms. The maximum absolute atomic E-state index is 12.5. The molecule has 0 saturated carbocycles. The zero-order valence-corrected chi connectivity index (χ0v) is 13.8. The molecule has 1 saturated heterocycles. The largest absolute Gasteiger partial charge is 0.355 e. The molecule has 22 heavy (non-hydrogen) atoms. The number of aromatic nitrogens is 1. The third-order valence-electron chi connectivity index (χ3n) is 3.76. The van der Waals surface area contributed by atoms with Gasteiger partial charge in [-0.3, -0.25) is 9.78 Å². The van der Waals surface area contributed by atoms with Gasteiger partial charge < -0.3 is 10.2 Å². The van der Waals surface area contributed by atoms with Crippen molar-refractivity contribution in [2.45, 2.75) is 19.3 Å². The second-order valence-electron chi connectivity index (χ2n) is 5.41. The first-order valence-electron chi connectivity index (χ1n) is 7.50. The summed E-state index contributed by atoms with van der Waals surface area (Å²) in [5.41, 5.74) is 2.35. The monoisotopic (exact) mass is 359 g/mol. The first-order chi connectivity index (χ1) is 10.7. The SMILES string of the molecule is O=C(c1cc(Nc2ccc(Br)cc2)ccn1)N1CCCCC1. The van der Waals surface area contributed by atoms with Crippen LogP contribution in [-0.2, 0) is 0 Å². The summed E-state index contributed by atoms with van der Waals surface area (Å²) in [5, 5.41) is 3.30. The van der Waals surface area contributed by atoms with E-state index in [1.54, 1.807) is 6.20 Å². The fourth-order valence-electron chi connectivity index (χ4n) is 2.58. The van der Waals surface area contributed by atoms with Gasteiger partial charge in [0.15, 0.2) is 0 Å².